The Hall–Kier alpha value is -1.27. The van der Waals surface area contributed by atoms with Crippen LogP contribution in [0.1, 0.15) is 45.2 Å². The molecule has 1 heterocycles. The fourth-order valence-corrected chi connectivity index (χ4v) is 1.68. The molecule has 0 amide bonds. The monoisotopic (exact) mass is 219 g/mol. The zero-order valence-corrected chi connectivity index (χ0v) is 10.4. The third kappa shape index (κ3) is 3.39. The summed E-state index contributed by atoms with van der Waals surface area (Å²) in [4.78, 5) is 0. The zero-order chi connectivity index (χ0) is 12.0. The fraction of sp³-hybridized carbons (Fsp3) is 0.615. The van der Waals surface area contributed by atoms with E-state index in [-0.39, 0.29) is 12.1 Å². The molecule has 2 unspecified atom stereocenters. The molecule has 0 aliphatic carbocycles. The SMILES string of the molecule is C#CC(CCC)NC(C)c1cnn(CC)c1. The van der Waals surface area contributed by atoms with E-state index in [2.05, 4.69) is 43.3 Å². The number of nitrogens with zero attached hydrogens (tertiary/aromatic N) is 2. The van der Waals surface area contributed by atoms with Crippen molar-refractivity contribution in [3.63, 3.8) is 0 Å². The maximum Gasteiger partial charge on any atom is 0.0691 e. The lowest BCUT2D eigenvalue weighted by Crippen LogP contribution is -2.29. The normalized spacial score (nSPS) is 14.4. The number of nitrogens with one attached hydrogen (secondary N) is 1. The highest BCUT2D eigenvalue weighted by Gasteiger charge is 2.11. The number of hydrogen-bond acceptors (Lipinski definition) is 2. The molecule has 16 heavy (non-hydrogen) atoms. The van der Waals surface area contributed by atoms with Crippen LogP contribution < -0.4 is 5.32 Å². The predicted molar refractivity (Wildman–Crippen MR) is 67.0 cm³/mol. The molecule has 0 saturated heterocycles. The molecule has 88 valence electrons. The van der Waals surface area contributed by atoms with Crippen molar-refractivity contribution in [1.82, 2.24) is 15.1 Å². The van der Waals surface area contributed by atoms with E-state index >= 15 is 0 Å². The second kappa shape index (κ2) is 6.34. The lowest BCUT2D eigenvalue weighted by molar-refractivity contribution is 0.494. The van der Waals surface area contributed by atoms with Crippen LogP contribution >= 0.6 is 0 Å². The summed E-state index contributed by atoms with van der Waals surface area (Å²) in [7, 11) is 0. The van der Waals surface area contributed by atoms with Gasteiger partial charge in [0.25, 0.3) is 0 Å². The van der Waals surface area contributed by atoms with Crippen LogP contribution in [0.5, 0.6) is 0 Å². The molecule has 2 atom stereocenters. The quantitative estimate of drug-likeness (QED) is 0.744. The van der Waals surface area contributed by atoms with E-state index in [1.54, 1.807) is 0 Å². The maximum atomic E-state index is 5.48. The summed E-state index contributed by atoms with van der Waals surface area (Å²) < 4.78 is 1.93. The fourth-order valence-electron chi connectivity index (χ4n) is 1.68. The van der Waals surface area contributed by atoms with E-state index < -0.39 is 0 Å². The van der Waals surface area contributed by atoms with Crippen molar-refractivity contribution in [2.24, 2.45) is 0 Å². The molecular formula is C13H21N3. The summed E-state index contributed by atoms with van der Waals surface area (Å²) in [6.45, 7) is 7.25. The summed E-state index contributed by atoms with van der Waals surface area (Å²) >= 11 is 0. The van der Waals surface area contributed by atoms with Gasteiger partial charge in [-0.15, -0.1) is 6.42 Å². The molecule has 0 spiro atoms. The van der Waals surface area contributed by atoms with Crippen LogP contribution in [0.25, 0.3) is 0 Å². The van der Waals surface area contributed by atoms with Crippen LogP contribution in [0.4, 0.5) is 0 Å². The Morgan fingerprint density at radius 3 is 2.81 bits per heavy atom. The van der Waals surface area contributed by atoms with Gasteiger partial charge in [-0.3, -0.25) is 10.00 Å². The lowest BCUT2D eigenvalue weighted by atomic mass is 10.1. The van der Waals surface area contributed by atoms with Gasteiger partial charge in [0.2, 0.25) is 0 Å². The molecular weight excluding hydrogens is 198 g/mol. The average Bonchev–Trinajstić information content (AvgIpc) is 2.76. The molecule has 1 N–H and O–H groups in total. The van der Waals surface area contributed by atoms with E-state index in [0.29, 0.717) is 0 Å². The molecule has 1 rings (SSSR count). The van der Waals surface area contributed by atoms with Crippen molar-refractivity contribution in [1.29, 1.82) is 0 Å². The molecule has 0 aliphatic rings. The van der Waals surface area contributed by atoms with Gasteiger partial charge in [-0.2, -0.15) is 5.10 Å². The molecule has 1 aromatic heterocycles. The molecule has 3 nitrogen and oxygen atoms in total. The minimum absolute atomic E-state index is 0.157. The van der Waals surface area contributed by atoms with Gasteiger partial charge in [0, 0.05) is 24.3 Å². The number of aryl methyl sites for hydroxylation is 1. The topological polar surface area (TPSA) is 29.9 Å². The zero-order valence-electron chi connectivity index (χ0n) is 10.4. The first-order chi connectivity index (χ1) is 7.71. The van der Waals surface area contributed by atoms with Gasteiger partial charge in [-0.25, -0.2) is 0 Å². The van der Waals surface area contributed by atoms with Crippen LogP contribution in [0.15, 0.2) is 12.4 Å². The van der Waals surface area contributed by atoms with Gasteiger partial charge >= 0.3 is 0 Å². The largest absolute Gasteiger partial charge is 0.297 e. The van der Waals surface area contributed by atoms with Gasteiger partial charge in [0.05, 0.1) is 12.2 Å². The van der Waals surface area contributed by atoms with Gasteiger partial charge in [0.1, 0.15) is 0 Å². The van der Waals surface area contributed by atoms with Crippen molar-refractivity contribution in [2.75, 3.05) is 0 Å². The van der Waals surface area contributed by atoms with Crippen molar-refractivity contribution < 1.29 is 0 Å². The molecule has 3 heteroatoms. The molecule has 0 aliphatic heterocycles. The Morgan fingerprint density at radius 2 is 2.31 bits per heavy atom. The standard InChI is InChI=1S/C13H21N3/c1-5-8-13(6-2)15-11(4)12-9-14-16(7-3)10-12/h2,9-11,13,15H,5,7-8H2,1,3-4H3. The van der Waals surface area contributed by atoms with Crippen LogP contribution in [-0.2, 0) is 6.54 Å². The molecule has 0 saturated carbocycles. The number of aromatic nitrogens is 2. The highest BCUT2D eigenvalue weighted by Crippen LogP contribution is 2.12. The van der Waals surface area contributed by atoms with Crippen molar-refractivity contribution >= 4 is 0 Å². The second-order valence-corrected chi connectivity index (χ2v) is 4.03. The van der Waals surface area contributed by atoms with Crippen molar-refractivity contribution in [3.8, 4) is 12.3 Å². The van der Waals surface area contributed by atoms with Gasteiger partial charge in [-0.1, -0.05) is 19.3 Å². The first-order valence-electron chi connectivity index (χ1n) is 5.95. The molecule has 0 aromatic carbocycles. The van der Waals surface area contributed by atoms with E-state index in [9.17, 15) is 0 Å². The highest BCUT2D eigenvalue weighted by atomic mass is 15.3. The number of terminal acetylenes is 1. The Bertz CT molecular complexity index is 348. The Balaban J connectivity index is 2.57. The van der Waals surface area contributed by atoms with E-state index in [4.69, 9.17) is 6.42 Å². The Labute approximate surface area is 98.2 Å². The van der Waals surface area contributed by atoms with E-state index in [1.807, 2.05) is 10.9 Å². The van der Waals surface area contributed by atoms with Gasteiger partial charge in [-0.05, 0) is 20.3 Å². The molecule has 1 aromatic rings. The van der Waals surface area contributed by atoms with Crippen LogP contribution in [0, 0.1) is 12.3 Å². The summed E-state index contributed by atoms with van der Waals surface area (Å²) in [5, 5.41) is 7.69. The van der Waals surface area contributed by atoms with Crippen LogP contribution in [-0.4, -0.2) is 15.8 Å². The smallest absolute Gasteiger partial charge is 0.0691 e. The third-order valence-corrected chi connectivity index (χ3v) is 2.71. The van der Waals surface area contributed by atoms with E-state index in [0.717, 1.165) is 19.4 Å². The van der Waals surface area contributed by atoms with Crippen LogP contribution in [0.3, 0.4) is 0 Å². The van der Waals surface area contributed by atoms with Crippen LogP contribution in [0.2, 0.25) is 0 Å². The molecule has 0 fully saturated rings. The first kappa shape index (κ1) is 12.8. The lowest BCUT2D eigenvalue weighted by Gasteiger charge is -2.17. The Kier molecular flexibility index (Phi) is 5.07. The molecule has 0 radical (unpaired) electrons. The number of rotatable bonds is 6. The average molecular weight is 219 g/mol. The summed E-state index contributed by atoms with van der Waals surface area (Å²) in [5.41, 5.74) is 1.19. The minimum Gasteiger partial charge on any atom is -0.297 e. The summed E-state index contributed by atoms with van der Waals surface area (Å²) in [5.74, 6) is 2.79. The first-order valence-corrected chi connectivity index (χ1v) is 5.95. The van der Waals surface area contributed by atoms with Crippen molar-refractivity contribution in [2.45, 2.75) is 52.2 Å². The Morgan fingerprint density at radius 1 is 1.56 bits per heavy atom. The van der Waals surface area contributed by atoms with Crippen molar-refractivity contribution in [3.05, 3.63) is 18.0 Å². The van der Waals surface area contributed by atoms with Gasteiger partial charge in [0.15, 0.2) is 0 Å². The number of hydrogen-bond donors (Lipinski definition) is 1. The third-order valence-electron chi connectivity index (χ3n) is 2.71. The maximum absolute atomic E-state index is 5.48. The van der Waals surface area contributed by atoms with E-state index in [1.165, 1.54) is 5.56 Å². The molecule has 0 bridgehead atoms. The summed E-state index contributed by atoms with van der Waals surface area (Å²) in [6, 6.07) is 0.415. The highest BCUT2D eigenvalue weighted by molar-refractivity contribution is 5.11. The predicted octanol–water partition coefficient (Wildman–Crippen LogP) is 2.36. The van der Waals surface area contributed by atoms with Gasteiger partial charge < -0.3 is 0 Å². The second-order valence-electron chi connectivity index (χ2n) is 4.03. The summed E-state index contributed by atoms with van der Waals surface area (Å²) in [6.07, 6.45) is 11.6. The minimum atomic E-state index is 0.157.